The predicted molar refractivity (Wildman–Crippen MR) is 111 cm³/mol. The largest absolute Gasteiger partial charge is 0.364 e. The molecule has 5 heteroatoms. The summed E-state index contributed by atoms with van der Waals surface area (Å²) in [7, 11) is 0. The van der Waals surface area contributed by atoms with Gasteiger partial charge in [-0.1, -0.05) is 78.4 Å². The standard InChI is InChI=1S/C23H21ClN2O2/c24-20-21(23(28)19-11-5-4-10-18(19)22(20)27)26-15-13-25(14-16-26)12-6-9-17-7-2-1-3-8-17/h1-11H,12-16H2/b9-6-. The summed E-state index contributed by atoms with van der Waals surface area (Å²) in [5, 5.41) is 0.0427. The van der Waals surface area contributed by atoms with E-state index in [4.69, 9.17) is 11.6 Å². The van der Waals surface area contributed by atoms with Crippen LogP contribution in [0, 0.1) is 0 Å². The number of fused-ring (bicyclic) bond motifs is 1. The van der Waals surface area contributed by atoms with E-state index in [1.54, 1.807) is 24.3 Å². The molecular formula is C23H21ClN2O2. The molecule has 4 rings (SSSR count). The monoisotopic (exact) mass is 392 g/mol. The van der Waals surface area contributed by atoms with E-state index < -0.39 is 0 Å². The Hall–Kier alpha value is -2.69. The number of nitrogens with zero attached hydrogens (tertiary/aromatic N) is 2. The molecule has 2 aromatic rings. The zero-order valence-electron chi connectivity index (χ0n) is 15.5. The summed E-state index contributed by atoms with van der Waals surface area (Å²) in [5.74, 6) is -0.419. The van der Waals surface area contributed by atoms with Gasteiger partial charge in [0.1, 0.15) is 10.7 Å². The molecule has 0 atom stereocenters. The van der Waals surface area contributed by atoms with Gasteiger partial charge >= 0.3 is 0 Å². The molecule has 0 saturated carbocycles. The Bertz CT molecular complexity index is 958. The average molecular weight is 393 g/mol. The molecule has 0 amide bonds. The Morgan fingerprint density at radius 3 is 2.11 bits per heavy atom. The number of hydrogen-bond donors (Lipinski definition) is 0. The van der Waals surface area contributed by atoms with Crippen LogP contribution in [0.15, 0.2) is 71.4 Å². The first-order valence-corrected chi connectivity index (χ1v) is 9.80. The van der Waals surface area contributed by atoms with Gasteiger partial charge in [-0.25, -0.2) is 0 Å². The van der Waals surface area contributed by atoms with E-state index in [0.717, 1.165) is 19.6 Å². The van der Waals surface area contributed by atoms with E-state index in [1.165, 1.54) is 5.56 Å². The minimum Gasteiger partial charge on any atom is -0.364 e. The van der Waals surface area contributed by atoms with E-state index in [-0.39, 0.29) is 16.6 Å². The summed E-state index contributed by atoms with van der Waals surface area (Å²) in [6.45, 7) is 3.83. The van der Waals surface area contributed by atoms with Crippen molar-refractivity contribution >= 4 is 29.2 Å². The molecule has 142 valence electrons. The number of hydrogen-bond acceptors (Lipinski definition) is 4. The maximum Gasteiger partial charge on any atom is 0.211 e. The van der Waals surface area contributed by atoms with Gasteiger partial charge in [-0.05, 0) is 5.56 Å². The van der Waals surface area contributed by atoms with Crippen LogP contribution in [0.4, 0.5) is 0 Å². The number of piperazine rings is 1. The van der Waals surface area contributed by atoms with Crippen molar-refractivity contribution in [1.82, 2.24) is 9.80 Å². The van der Waals surface area contributed by atoms with E-state index in [2.05, 4.69) is 29.2 Å². The Labute approximate surface area is 169 Å². The first-order chi connectivity index (χ1) is 13.6. The second kappa shape index (κ2) is 8.13. The highest BCUT2D eigenvalue weighted by molar-refractivity contribution is 6.49. The Balaban J connectivity index is 1.41. The van der Waals surface area contributed by atoms with Crippen molar-refractivity contribution in [3.8, 4) is 0 Å². The van der Waals surface area contributed by atoms with Crippen LogP contribution in [0.5, 0.6) is 0 Å². The summed E-state index contributed by atoms with van der Waals surface area (Å²) >= 11 is 6.32. The molecule has 1 saturated heterocycles. The SMILES string of the molecule is O=C1C(Cl)=C(N2CCN(C/C=C\c3ccccc3)CC2)C(=O)c2ccccc21. The van der Waals surface area contributed by atoms with Gasteiger partial charge in [0.25, 0.3) is 0 Å². The second-order valence-electron chi connectivity index (χ2n) is 6.97. The van der Waals surface area contributed by atoms with E-state index in [0.29, 0.717) is 29.9 Å². The second-order valence-corrected chi connectivity index (χ2v) is 7.35. The lowest BCUT2D eigenvalue weighted by Gasteiger charge is -2.37. The number of Topliss-reactive ketones (excluding diaryl/α,β-unsaturated/α-hetero) is 2. The van der Waals surface area contributed by atoms with Gasteiger partial charge in [0.15, 0.2) is 0 Å². The third kappa shape index (κ3) is 3.66. The summed E-state index contributed by atoms with van der Waals surface area (Å²) < 4.78 is 0. The van der Waals surface area contributed by atoms with E-state index in [1.807, 2.05) is 23.1 Å². The van der Waals surface area contributed by atoms with Gasteiger partial charge in [-0.2, -0.15) is 0 Å². The number of carbonyl (C=O) groups excluding carboxylic acids is 2. The minimum atomic E-state index is -0.264. The summed E-state index contributed by atoms with van der Waals surface area (Å²) in [4.78, 5) is 29.8. The summed E-state index contributed by atoms with van der Waals surface area (Å²) in [6.07, 6.45) is 4.27. The molecule has 0 bridgehead atoms. The Morgan fingerprint density at radius 1 is 0.821 bits per heavy atom. The molecule has 4 nitrogen and oxygen atoms in total. The van der Waals surface area contributed by atoms with Crippen molar-refractivity contribution in [2.75, 3.05) is 32.7 Å². The number of carbonyl (C=O) groups is 2. The van der Waals surface area contributed by atoms with Gasteiger partial charge in [0, 0.05) is 43.9 Å². The molecule has 1 aliphatic carbocycles. The molecule has 2 aliphatic rings. The lowest BCUT2D eigenvalue weighted by molar-refractivity contribution is 0.0917. The molecule has 1 fully saturated rings. The fraction of sp³-hybridized carbons (Fsp3) is 0.217. The zero-order chi connectivity index (χ0) is 19.5. The number of halogens is 1. The van der Waals surface area contributed by atoms with Gasteiger partial charge in [0.2, 0.25) is 11.6 Å². The molecule has 1 aliphatic heterocycles. The van der Waals surface area contributed by atoms with Gasteiger partial charge in [0.05, 0.1) is 0 Å². The predicted octanol–water partition coefficient (Wildman–Crippen LogP) is 3.85. The highest BCUT2D eigenvalue weighted by atomic mass is 35.5. The quantitative estimate of drug-likeness (QED) is 0.792. The van der Waals surface area contributed by atoms with Crippen LogP contribution in [0.3, 0.4) is 0 Å². The average Bonchev–Trinajstić information content (AvgIpc) is 2.74. The van der Waals surface area contributed by atoms with Crippen LogP contribution in [-0.2, 0) is 0 Å². The molecule has 0 radical (unpaired) electrons. The fourth-order valence-electron chi connectivity index (χ4n) is 3.67. The van der Waals surface area contributed by atoms with E-state index >= 15 is 0 Å². The molecule has 28 heavy (non-hydrogen) atoms. The van der Waals surface area contributed by atoms with Crippen molar-refractivity contribution in [2.45, 2.75) is 0 Å². The Kier molecular flexibility index (Phi) is 5.42. The molecule has 0 unspecified atom stereocenters. The smallest absolute Gasteiger partial charge is 0.211 e. The van der Waals surface area contributed by atoms with Crippen molar-refractivity contribution in [3.05, 3.63) is 88.1 Å². The zero-order valence-corrected chi connectivity index (χ0v) is 16.2. The molecule has 0 spiro atoms. The van der Waals surface area contributed by atoms with Crippen LogP contribution >= 0.6 is 11.6 Å². The number of ketones is 2. The van der Waals surface area contributed by atoms with Crippen molar-refractivity contribution in [3.63, 3.8) is 0 Å². The van der Waals surface area contributed by atoms with E-state index in [9.17, 15) is 9.59 Å². The van der Waals surface area contributed by atoms with Crippen LogP contribution < -0.4 is 0 Å². The number of rotatable bonds is 4. The van der Waals surface area contributed by atoms with Gasteiger partial charge in [-0.15, -0.1) is 0 Å². The fourth-order valence-corrected chi connectivity index (χ4v) is 3.98. The summed E-state index contributed by atoms with van der Waals surface area (Å²) in [6, 6.07) is 17.1. The van der Waals surface area contributed by atoms with Crippen LogP contribution in [0.2, 0.25) is 0 Å². The number of allylic oxidation sites excluding steroid dienone is 2. The van der Waals surface area contributed by atoms with Crippen LogP contribution in [0.25, 0.3) is 6.08 Å². The number of benzene rings is 2. The molecular weight excluding hydrogens is 372 g/mol. The van der Waals surface area contributed by atoms with Crippen molar-refractivity contribution < 1.29 is 9.59 Å². The molecule has 2 aromatic carbocycles. The molecule has 1 heterocycles. The normalized spacial score (nSPS) is 18.1. The maximum absolute atomic E-state index is 12.9. The lowest BCUT2D eigenvalue weighted by atomic mass is 9.91. The molecule has 0 N–H and O–H groups in total. The maximum atomic E-state index is 12.9. The van der Waals surface area contributed by atoms with Crippen molar-refractivity contribution in [1.29, 1.82) is 0 Å². The van der Waals surface area contributed by atoms with Crippen LogP contribution in [0.1, 0.15) is 26.3 Å². The topological polar surface area (TPSA) is 40.6 Å². The van der Waals surface area contributed by atoms with Gasteiger partial charge in [-0.3, -0.25) is 14.5 Å². The highest BCUT2D eigenvalue weighted by Crippen LogP contribution is 2.30. The minimum absolute atomic E-state index is 0.0427. The molecule has 0 aromatic heterocycles. The van der Waals surface area contributed by atoms with Crippen LogP contribution in [-0.4, -0.2) is 54.1 Å². The highest BCUT2D eigenvalue weighted by Gasteiger charge is 2.35. The van der Waals surface area contributed by atoms with Gasteiger partial charge < -0.3 is 4.90 Å². The van der Waals surface area contributed by atoms with Crippen molar-refractivity contribution in [2.24, 2.45) is 0 Å². The summed E-state index contributed by atoms with van der Waals surface area (Å²) in [5.41, 5.74) is 2.37. The first-order valence-electron chi connectivity index (χ1n) is 9.42. The third-order valence-corrected chi connectivity index (χ3v) is 5.55. The lowest BCUT2D eigenvalue weighted by Crippen LogP contribution is -2.47. The third-order valence-electron chi connectivity index (χ3n) is 5.20. The first kappa shape index (κ1) is 18.7. The Morgan fingerprint density at radius 2 is 1.43 bits per heavy atom.